The Hall–Kier alpha value is -3.76. The van der Waals surface area contributed by atoms with Crippen molar-refractivity contribution in [3.8, 4) is 0 Å². The molecule has 0 unspecified atom stereocenters. The van der Waals surface area contributed by atoms with Gasteiger partial charge >= 0.3 is 0 Å². The highest BCUT2D eigenvalue weighted by Gasteiger charge is 2.33. The van der Waals surface area contributed by atoms with Crippen LogP contribution in [0.4, 0.5) is 15.8 Å². The highest BCUT2D eigenvalue weighted by atomic mass is 32.2. The van der Waals surface area contributed by atoms with Crippen LogP contribution in [-0.4, -0.2) is 51.3 Å². The number of hydrogen-bond donors (Lipinski definition) is 2. The summed E-state index contributed by atoms with van der Waals surface area (Å²) in [5.41, 5.74) is 2.76. The van der Waals surface area contributed by atoms with E-state index >= 15 is 0 Å². The van der Waals surface area contributed by atoms with Crippen LogP contribution in [0.3, 0.4) is 0 Å². The molecule has 0 aliphatic carbocycles. The third-order valence-electron chi connectivity index (χ3n) is 6.72. The molecule has 0 bridgehead atoms. The highest BCUT2D eigenvalue weighted by Crippen LogP contribution is 2.27. The second-order valence-electron chi connectivity index (χ2n) is 9.12. The van der Waals surface area contributed by atoms with Gasteiger partial charge in [0.25, 0.3) is 0 Å². The molecule has 10 heteroatoms. The number of aryl methyl sites for hydroxylation is 1. The van der Waals surface area contributed by atoms with E-state index in [1.807, 2.05) is 0 Å². The van der Waals surface area contributed by atoms with Gasteiger partial charge in [0.1, 0.15) is 11.9 Å². The normalized spacial score (nSPS) is 16.6. The Morgan fingerprint density at radius 3 is 2.32 bits per heavy atom. The maximum atomic E-state index is 13.6. The van der Waals surface area contributed by atoms with Crippen molar-refractivity contribution in [1.82, 2.24) is 9.62 Å². The zero-order valence-electron chi connectivity index (χ0n) is 20.1. The SMILES string of the molecule is O=C1CCc2cc(S(=O)(=O)N[C@@H](C(=O)N3CCN(c4ccc(F)cc4)CC3)c3ccccc3)ccc2N1. The molecule has 2 aliphatic rings. The standard InChI is InChI=1S/C27H27FN4O4S/c28-21-7-9-22(10-8-21)31-14-16-32(17-15-31)27(34)26(19-4-2-1-3-5-19)30-37(35,36)23-11-12-24-20(18-23)6-13-25(33)29-24/h1-5,7-12,18,26,30H,6,13-17H2,(H,29,33)/t26-/m1/s1. The van der Waals surface area contributed by atoms with E-state index in [2.05, 4.69) is 14.9 Å². The number of sulfonamides is 1. The minimum Gasteiger partial charge on any atom is -0.368 e. The lowest BCUT2D eigenvalue weighted by molar-refractivity contribution is -0.133. The summed E-state index contributed by atoms with van der Waals surface area (Å²) in [5, 5.41) is 2.75. The largest absolute Gasteiger partial charge is 0.368 e. The Kier molecular flexibility index (Phi) is 6.94. The van der Waals surface area contributed by atoms with Crippen LogP contribution in [0.5, 0.6) is 0 Å². The maximum Gasteiger partial charge on any atom is 0.245 e. The fourth-order valence-corrected chi connectivity index (χ4v) is 5.90. The van der Waals surface area contributed by atoms with Crippen molar-refractivity contribution in [2.24, 2.45) is 0 Å². The van der Waals surface area contributed by atoms with Gasteiger partial charge < -0.3 is 15.1 Å². The number of fused-ring (bicyclic) bond motifs is 1. The van der Waals surface area contributed by atoms with E-state index in [-0.39, 0.29) is 22.5 Å². The number of benzene rings is 3. The Bertz CT molecular complexity index is 1410. The van der Waals surface area contributed by atoms with Crippen molar-refractivity contribution in [3.05, 3.63) is 89.7 Å². The van der Waals surface area contributed by atoms with E-state index in [9.17, 15) is 22.4 Å². The number of nitrogens with one attached hydrogen (secondary N) is 2. The lowest BCUT2D eigenvalue weighted by atomic mass is 10.0. The van der Waals surface area contributed by atoms with Crippen LogP contribution in [0.1, 0.15) is 23.6 Å². The molecule has 0 radical (unpaired) electrons. The van der Waals surface area contributed by atoms with Gasteiger partial charge in [0.05, 0.1) is 4.90 Å². The Morgan fingerprint density at radius 1 is 0.919 bits per heavy atom. The number of amides is 2. The third kappa shape index (κ3) is 5.50. The molecule has 3 aromatic rings. The van der Waals surface area contributed by atoms with Gasteiger partial charge in [0, 0.05) is 44.0 Å². The first-order chi connectivity index (χ1) is 17.8. The second kappa shape index (κ2) is 10.3. The number of piperazine rings is 1. The summed E-state index contributed by atoms with van der Waals surface area (Å²) in [6.45, 7) is 1.89. The van der Waals surface area contributed by atoms with Crippen molar-refractivity contribution >= 4 is 33.2 Å². The molecule has 0 spiro atoms. The van der Waals surface area contributed by atoms with Gasteiger partial charge in [-0.25, -0.2) is 12.8 Å². The second-order valence-corrected chi connectivity index (χ2v) is 10.8. The molecule has 37 heavy (non-hydrogen) atoms. The van der Waals surface area contributed by atoms with E-state index in [4.69, 9.17) is 0 Å². The van der Waals surface area contributed by atoms with Crippen LogP contribution in [0, 0.1) is 5.82 Å². The maximum absolute atomic E-state index is 13.6. The molecule has 0 aromatic heterocycles. The fourth-order valence-electron chi connectivity index (χ4n) is 4.68. The molecule has 1 fully saturated rings. The Morgan fingerprint density at radius 2 is 1.62 bits per heavy atom. The summed E-state index contributed by atoms with van der Waals surface area (Å²) in [6.07, 6.45) is 0.739. The summed E-state index contributed by atoms with van der Waals surface area (Å²) in [5.74, 6) is -0.742. The van der Waals surface area contributed by atoms with Crippen molar-refractivity contribution in [1.29, 1.82) is 0 Å². The zero-order valence-corrected chi connectivity index (χ0v) is 20.9. The lowest BCUT2D eigenvalue weighted by Crippen LogP contribution is -2.52. The molecular formula is C27H27FN4O4S. The van der Waals surface area contributed by atoms with Crippen LogP contribution in [0.2, 0.25) is 0 Å². The molecule has 2 aliphatic heterocycles. The number of carbonyl (C=O) groups is 2. The van der Waals surface area contributed by atoms with Crippen LogP contribution in [0.15, 0.2) is 77.7 Å². The predicted octanol–water partition coefficient (Wildman–Crippen LogP) is 3.08. The summed E-state index contributed by atoms with van der Waals surface area (Å²) >= 11 is 0. The Balaban J connectivity index is 1.35. The molecule has 1 atom stereocenters. The van der Waals surface area contributed by atoms with E-state index in [0.717, 1.165) is 11.3 Å². The van der Waals surface area contributed by atoms with Gasteiger partial charge in [-0.2, -0.15) is 4.72 Å². The van der Waals surface area contributed by atoms with Crippen molar-refractivity contribution in [2.45, 2.75) is 23.8 Å². The molecular weight excluding hydrogens is 495 g/mol. The smallest absolute Gasteiger partial charge is 0.245 e. The minimum absolute atomic E-state index is 0.0391. The minimum atomic E-state index is -4.05. The average Bonchev–Trinajstić information content (AvgIpc) is 2.92. The summed E-state index contributed by atoms with van der Waals surface area (Å²) < 4.78 is 42.7. The molecule has 192 valence electrons. The number of carbonyl (C=O) groups excluding carboxylic acids is 2. The molecule has 0 saturated carbocycles. The van der Waals surface area contributed by atoms with E-state index in [0.29, 0.717) is 50.3 Å². The molecule has 2 heterocycles. The first kappa shape index (κ1) is 24.9. The summed E-state index contributed by atoms with van der Waals surface area (Å²) in [7, 11) is -4.05. The number of halogens is 1. The molecule has 8 nitrogen and oxygen atoms in total. The van der Waals surface area contributed by atoms with Crippen molar-refractivity contribution < 1.29 is 22.4 Å². The van der Waals surface area contributed by atoms with Gasteiger partial charge in [-0.15, -0.1) is 0 Å². The topological polar surface area (TPSA) is 98.8 Å². The predicted molar refractivity (Wildman–Crippen MR) is 138 cm³/mol. The number of rotatable bonds is 6. The summed E-state index contributed by atoms with van der Waals surface area (Å²) in [6, 6.07) is 18.5. The van der Waals surface area contributed by atoms with Crippen LogP contribution in [-0.2, 0) is 26.0 Å². The van der Waals surface area contributed by atoms with Gasteiger partial charge in [-0.05, 0) is 60.0 Å². The van der Waals surface area contributed by atoms with Gasteiger partial charge in [0.2, 0.25) is 21.8 Å². The molecule has 2 N–H and O–H groups in total. The monoisotopic (exact) mass is 522 g/mol. The van der Waals surface area contributed by atoms with Crippen molar-refractivity contribution in [2.75, 3.05) is 36.4 Å². The first-order valence-electron chi connectivity index (χ1n) is 12.1. The van der Waals surface area contributed by atoms with Crippen LogP contribution < -0.4 is 14.9 Å². The zero-order chi connectivity index (χ0) is 26.0. The van der Waals surface area contributed by atoms with Crippen LogP contribution in [0.25, 0.3) is 0 Å². The molecule has 3 aromatic carbocycles. The quantitative estimate of drug-likeness (QED) is 0.519. The van der Waals surface area contributed by atoms with Gasteiger partial charge in [-0.3, -0.25) is 9.59 Å². The molecule has 2 amide bonds. The van der Waals surface area contributed by atoms with Crippen molar-refractivity contribution in [3.63, 3.8) is 0 Å². The molecule has 1 saturated heterocycles. The van der Waals surface area contributed by atoms with Gasteiger partial charge in [-0.1, -0.05) is 30.3 Å². The third-order valence-corrected chi connectivity index (χ3v) is 8.14. The average molecular weight is 523 g/mol. The first-order valence-corrected chi connectivity index (χ1v) is 13.6. The number of nitrogens with zero attached hydrogens (tertiary/aromatic N) is 2. The molecule has 5 rings (SSSR count). The summed E-state index contributed by atoms with van der Waals surface area (Å²) in [4.78, 5) is 29.1. The van der Waals surface area contributed by atoms with E-state index in [1.54, 1.807) is 59.5 Å². The number of hydrogen-bond acceptors (Lipinski definition) is 5. The van der Waals surface area contributed by atoms with Gasteiger partial charge in [0.15, 0.2) is 0 Å². The van der Waals surface area contributed by atoms with E-state index < -0.39 is 16.1 Å². The Labute approximate surface area is 215 Å². The lowest BCUT2D eigenvalue weighted by Gasteiger charge is -2.37. The number of anilines is 2. The van der Waals surface area contributed by atoms with E-state index in [1.165, 1.54) is 18.2 Å². The highest BCUT2D eigenvalue weighted by molar-refractivity contribution is 7.89. The van der Waals surface area contributed by atoms with Crippen LogP contribution >= 0.6 is 0 Å². The fraction of sp³-hybridized carbons (Fsp3) is 0.259.